The van der Waals surface area contributed by atoms with E-state index in [0.29, 0.717) is 28.5 Å². The molecule has 7 nitrogen and oxygen atoms in total. The van der Waals surface area contributed by atoms with Crippen LogP contribution in [-0.4, -0.2) is 69.4 Å². The number of carbonyl (C=O) groups is 1. The molecule has 1 fully saturated rings. The van der Waals surface area contributed by atoms with Crippen molar-refractivity contribution in [1.29, 1.82) is 0 Å². The van der Waals surface area contributed by atoms with Gasteiger partial charge in [0.1, 0.15) is 21.7 Å². The van der Waals surface area contributed by atoms with Gasteiger partial charge in [0.25, 0.3) is 5.91 Å². The Morgan fingerprint density at radius 3 is 2.47 bits per heavy atom. The van der Waals surface area contributed by atoms with Gasteiger partial charge in [0.05, 0.1) is 27.4 Å². The molecule has 0 unspecified atom stereocenters. The highest BCUT2D eigenvalue weighted by molar-refractivity contribution is 7.22. The summed E-state index contributed by atoms with van der Waals surface area (Å²) in [5.41, 5.74) is 2.48. The van der Waals surface area contributed by atoms with Gasteiger partial charge in [0.2, 0.25) is 0 Å². The number of rotatable bonds is 8. The monoisotopic (exact) mass is 455 g/mol. The summed E-state index contributed by atoms with van der Waals surface area (Å²) in [5.74, 6) is 1.34. The van der Waals surface area contributed by atoms with E-state index in [1.807, 2.05) is 43.3 Å². The third kappa shape index (κ3) is 4.87. The zero-order valence-corrected chi connectivity index (χ0v) is 19.6. The number of hydrogen-bond donors (Lipinski definition) is 0. The van der Waals surface area contributed by atoms with Gasteiger partial charge >= 0.3 is 0 Å². The fourth-order valence-electron chi connectivity index (χ4n) is 3.80. The summed E-state index contributed by atoms with van der Waals surface area (Å²) in [5, 5.41) is 0.648. The van der Waals surface area contributed by atoms with E-state index in [-0.39, 0.29) is 5.91 Å². The smallest absolute Gasteiger partial charge is 0.260 e. The highest BCUT2D eigenvalue weighted by Gasteiger charge is 2.24. The van der Waals surface area contributed by atoms with E-state index in [9.17, 15) is 4.79 Å². The lowest BCUT2D eigenvalue weighted by Crippen LogP contribution is -2.39. The average Bonchev–Trinajstić information content (AvgIpc) is 3.27. The van der Waals surface area contributed by atoms with Gasteiger partial charge in [-0.05, 0) is 37.6 Å². The quantitative estimate of drug-likeness (QED) is 0.512. The Morgan fingerprint density at radius 1 is 1.09 bits per heavy atom. The molecule has 2 aromatic carbocycles. The second-order valence-corrected chi connectivity index (χ2v) is 8.75. The predicted octanol–water partition coefficient (Wildman–Crippen LogP) is 3.99. The molecule has 1 aliphatic heterocycles. The van der Waals surface area contributed by atoms with Crippen LogP contribution in [0.25, 0.3) is 10.2 Å². The van der Waals surface area contributed by atoms with Gasteiger partial charge in [0, 0.05) is 31.7 Å². The summed E-state index contributed by atoms with van der Waals surface area (Å²) in [6.45, 7) is 6.91. The molecular weight excluding hydrogens is 426 g/mol. The number of fused-ring (bicyclic) bond motifs is 1. The number of aromatic nitrogens is 1. The van der Waals surface area contributed by atoms with Crippen molar-refractivity contribution in [3.8, 4) is 11.5 Å². The zero-order chi connectivity index (χ0) is 22.5. The van der Waals surface area contributed by atoms with Crippen LogP contribution in [0.2, 0.25) is 0 Å². The summed E-state index contributed by atoms with van der Waals surface area (Å²) in [4.78, 5) is 22.5. The highest BCUT2D eigenvalue weighted by Crippen LogP contribution is 2.40. The van der Waals surface area contributed by atoms with Crippen LogP contribution in [0.5, 0.6) is 11.5 Å². The van der Waals surface area contributed by atoms with Crippen LogP contribution in [0, 0.1) is 6.92 Å². The van der Waals surface area contributed by atoms with Crippen LogP contribution in [0.4, 0.5) is 5.13 Å². The van der Waals surface area contributed by atoms with Gasteiger partial charge < -0.3 is 14.2 Å². The number of benzene rings is 2. The molecule has 1 aromatic heterocycles. The van der Waals surface area contributed by atoms with E-state index in [4.69, 9.17) is 19.2 Å². The Labute approximate surface area is 192 Å². The molecule has 2 heterocycles. The van der Waals surface area contributed by atoms with E-state index in [1.54, 1.807) is 19.1 Å². The minimum absolute atomic E-state index is 0.0519. The Kier molecular flexibility index (Phi) is 7.24. The van der Waals surface area contributed by atoms with Crippen LogP contribution in [0.15, 0.2) is 36.4 Å². The first kappa shape index (κ1) is 22.5. The Bertz CT molecular complexity index is 1020. The molecule has 0 aliphatic carbocycles. The Balaban J connectivity index is 1.64. The van der Waals surface area contributed by atoms with Crippen molar-refractivity contribution >= 4 is 32.6 Å². The summed E-state index contributed by atoms with van der Waals surface area (Å²) in [7, 11) is 3.26. The highest BCUT2D eigenvalue weighted by atomic mass is 32.1. The zero-order valence-electron chi connectivity index (χ0n) is 18.8. The molecule has 1 amide bonds. The van der Waals surface area contributed by atoms with E-state index >= 15 is 0 Å². The Morgan fingerprint density at radius 2 is 1.78 bits per heavy atom. The molecule has 1 aliphatic rings. The molecule has 0 spiro atoms. The molecule has 0 saturated carbocycles. The third-order valence-corrected chi connectivity index (χ3v) is 6.73. The van der Waals surface area contributed by atoms with Gasteiger partial charge in [-0.3, -0.25) is 14.6 Å². The standard InChI is InChI=1S/C24H29N3O4S/c1-17-5-7-18(8-6-17)23(28)27(12-4-11-26-13-15-31-16-14-26)24-25-21-19(29-2)9-10-20(30-3)22(21)32-24/h5-10H,4,11-16H2,1-3H3. The second-order valence-electron chi connectivity index (χ2n) is 7.77. The van der Waals surface area contributed by atoms with Crippen molar-refractivity contribution < 1.29 is 19.0 Å². The maximum atomic E-state index is 13.5. The predicted molar refractivity (Wildman–Crippen MR) is 127 cm³/mol. The van der Waals surface area contributed by atoms with Crippen LogP contribution in [-0.2, 0) is 4.74 Å². The maximum Gasteiger partial charge on any atom is 0.260 e. The molecule has 0 atom stereocenters. The SMILES string of the molecule is COc1ccc(OC)c2sc(N(CCCN3CCOCC3)C(=O)c3ccc(C)cc3)nc12. The Hall–Kier alpha value is -2.68. The topological polar surface area (TPSA) is 64.1 Å². The number of aryl methyl sites for hydroxylation is 1. The minimum Gasteiger partial charge on any atom is -0.495 e. The molecule has 170 valence electrons. The molecule has 0 bridgehead atoms. The van der Waals surface area contributed by atoms with Crippen LogP contribution >= 0.6 is 11.3 Å². The van der Waals surface area contributed by atoms with Crippen LogP contribution in [0.1, 0.15) is 22.3 Å². The first-order valence-electron chi connectivity index (χ1n) is 10.8. The molecule has 8 heteroatoms. The first-order chi connectivity index (χ1) is 15.6. The number of hydrogen-bond acceptors (Lipinski definition) is 7. The normalized spacial score (nSPS) is 14.5. The van der Waals surface area contributed by atoms with E-state index < -0.39 is 0 Å². The van der Waals surface area contributed by atoms with Crippen molar-refractivity contribution in [2.75, 3.05) is 58.5 Å². The fraction of sp³-hybridized carbons (Fsp3) is 0.417. The molecular formula is C24H29N3O4S. The molecule has 1 saturated heterocycles. The molecule has 0 radical (unpaired) electrons. The van der Waals surface area contributed by atoms with Crippen molar-refractivity contribution in [3.63, 3.8) is 0 Å². The number of thiazole rings is 1. The number of morpholine rings is 1. The van der Waals surface area contributed by atoms with Gasteiger partial charge in [-0.2, -0.15) is 0 Å². The fourth-order valence-corrected chi connectivity index (χ4v) is 4.90. The lowest BCUT2D eigenvalue weighted by atomic mass is 10.1. The van der Waals surface area contributed by atoms with Crippen LogP contribution in [0.3, 0.4) is 0 Å². The molecule has 0 N–H and O–H groups in total. The molecule has 3 aromatic rings. The number of methoxy groups -OCH3 is 2. The number of carbonyl (C=O) groups excluding carboxylic acids is 1. The van der Waals surface area contributed by atoms with Crippen molar-refractivity contribution in [1.82, 2.24) is 9.88 Å². The summed E-state index contributed by atoms with van der Waals surface area (Å²) < 4.78 is 17.4. The van der Waals surface area contributed by atoms with Crippen molar-refractivity contribution in [2.24, 2.45) is 0 Å². The molecule has 4 rings (SSSR count). The average molecular weight is 456 g/mol. The van der Waals surface area contributed by atoms with Crippen molar-refractivity contribution in [3.05, 3.63) is 47.5 Å². The first-order valence-corrected chi connectivity index (χ1v) is 11.6. The maximum absolute atomic E-state index is 13.5. The van der Waals surface area contributed by atoms with Crippen LogP contribution < -0.4 is 14.4 Å². The number of anilines is 1. The van der Waals surface area contributed by atoms with E-state index in [0.717, 1.165) is 55.3 Å². The van der Waals surface area contributed by atoms with E-state index in [1.165, 1.54) is 11.3 Å². The van der Waals surface area contributed by atoms with E-state index in [2.05, 4.69) is 4.90 Å². The van der Waals surface area contributed by atoms with Crippen molar-refractivity contribution in [2.45, 2.75) is 13.3 Å². The number of nitrogens with zero attached hydrogens (tertiary/aromatic N) is 3. The minimum atomic E-state index is -0.0519. The number of ether oxygens (including phenoxy) is 3. The molecule has 32 heavy (non-hydrogen) atoms. The van der Waals surface area contributed by atoms with Gasteiger partial charge in [-0.25, -0.2) is 4.98 Å². The lowest BCUT2D eigenvalue weighted by molar-refractivity contribution is 0.0376. The number of amides is 1. The van der Waals surface area contributed by atoms with Gasteiger partial charge in [-0.15, -0.1) is 0 Å². The third-order valence-electron chi connectivity index (χ3n) is 5.63. The second kappa shape index (κ2) is 10.3. The summed E-state index contributed by atoms with van der Waals surface area (Å²) in [6, 6.07) is 11.4. The lowest BCUT2D eigenvalue weighted by Gasteiger charge is -2.27. The van der Waals surface area contributed by atoms with Gasteiger partial charge in [0.15, 0.2) is 5.13 Å². The largest absolute Gasteiger partial charge is 0.495 e. The summed E-state index contributed by atoms with van der Waals surface area (Å²) in [6.07, 6.45) is 0.849. The van der Waals surface area contributed by atoms with Gasteiger partial charge in [-0.1, -0.05) is 29.0 Å². The summed E-state index contributed by atoms with van der Waals surface area (Å²) >= 11 is 1.45.